The van der Waals surface area contributed by atoms with Crippen LogP contribution in [-0.2, 0) is 4.79 Å². The Morgan fingerprint density at radius 1 is 1.15 bits per heavy atom. The third kappa shape index (κ3) is 4.25. The first-order valence-corrected chi connectivity index (χ1v) is 7.27. The van der Waals surface area contributed by atoms with Crippen LogP contribution >= 0.6 is 27.5 Å². The molecule has 2 rings (SSSR count). The van der Waals surface area contributed by atoms with Crippen LogP contribution in [0.4, 0.5) is 11.4 Å². The lowest BCUT2D eigenvalue weighted by atomic mass is 10.2. The molecule has 0 saturated heterocycles. The van der Waals surface area contributed by atoms with Crippen LogP contribution in [0.2, 0.25) is 5.02 Å². The van der Waals surface area contributed by atoms with Gasteiger partial charge in [0.05, 0.1) is 11.6 Å². The number of halogens is 2. The lowest BCUT2D eigenvalue weighted by molar-refractivity contribution is -0.114. The van der Waals surface area contributed by atoms with E-state index < -0.39 is 0 Å². The summed E-state index contributed by atoms with van der Waals surface area (Å²) in [5, 5.41) is 6.45. The van der Waals surface area contributed by atoms with E-state index in [0.717, 1.165) is 21.4 Å². The fourth-order valence-electron chi connectivity index (χ4n) is 1.63. The normalized spacial score (nSPS) is 10.2. The van der Waals surface area contributed by atoms with Gasteiger partial charge >= 0.3 is 0 Å². The van der Waals surface area contributed by atoms with E-state index in [1.807, 2.05) is 43.3 Å². The molecule has 104 valence electrons. The van der Waals surface area contributed by atoms with Crippen molar-refractivity contribution < 1.29 is 4.79 Å². The Kier molecular flexibility index (Phi) is 5.04. The predicted molar refractivity (Wildman–Crippen MR) is 87.5 cm³/mol. The number of rotatable bonds is 4. The number of amides is 1. The van der Waals surface area contributed by atoms with E-state index in [1.165, 1.54) is 0 Å². The van der Waals surface area contributed by atoms with E-state index in [1.54, 1.807) is 6.07 Å². The van der Waals surface area contributed by atoms with Crippen LogP contribution in [0.3, 0.4) is 0 Å². The molecule has 0 aromatic heterocycles. The lowest BCUT2D eigenvalue weighted by Gasteiger charge is -2.08. The van der Waals surface area contributed by atoms with Crippen molar-refractivity contribution in [3.05, 3.63) is 57.5 Å². The number of hydrogen-bond donors (Lipinski definition) is 2. The predicted octanol–water partition coefficient (Wildman–Crippen LogP) is 4.46. The Morgan fingerprint density at radius 3 is 2.45 bits per heavy atom. The lowest BCUT2D eigenvalue weighted by Crippen LogP contribution is -2.21. The summed E-state index contributed by atoms with van der Waals surface area (Å²) < 4.78 is 0.828. The number of benzene rings is 2. The average molecular weight is 354 g/mol. The van der Waals surface area contributed by atoms with E-state index in [0.29, 0.717) is 5.02 Å². The van der Waals surface area contributed by atoms with Crippen LogP contribution in [0.25, 0.3) is 0 Å². The second-order valence-corrected chi connectivity index (χ2v) is 5.66. The first-order chi connectivity index (χ1) is 9.54. The molecule has 0 heterocycles. The fraction of sp³-hybridized carbons (Fsp3) is 0.133. The monoisotopic (exact) mass is 352 g/mol. The second kappa shape index (κ2) is 6.77. The number of hydrogen-bond acceptors (Lipinski definition) is 2. The van der Waals surface area contributed by atoms with Gasteiger partial charge in [-0.05, 0) is 53.2 Å². The van der Waals surface area contributed by atoms with Crippen molar-refractivity contribution in [3.63, 3.8) is 0 Å². The van der Waals surface area contributed by atoms with Crippen LogP contribution in [0.5, 0.6) is 0 Å². The minimum atomic E-state index is -0.104. The van der Waals surface area contributed by atoms with E-state index >= 15 is 0 Å². The van der Waals surface area contributed by atoms with E-state index in [-0.39, 0.29) is 12.5 Å². The molecule has 0 bridgehead atoms. The van der Waals surface area contributed by atoms with Gasteiger partial charge in [-0.1, -0.05) is 29.3 Å². The Hall–Kier alpha value is -1.52. The standard InChI is InChI=1S/C15H14BrClN2O/c1-10-2-4-11(5-3-10)19-15(20)9-18-12-6-7-13(16)14(17)8-12/h2-8,18H,9H2,1H3,(H,19,20). The van der Waals surface area contributed by atoms with Gasteiger partial charge in [-0.25, -0.2) is 0 Å². The van der Waals surface area contributed by atoms with Gasteiger partial charge in [0, 0.05) is 15.8 Å². The third-order valence-corrected chi connectivity index (χ3v) is 3.94. The first kappa shape index (κ1) is 14.9. The van der Waals surface area contributed by atoms with Crippen molar-refractivity contribution in [1.29, 1.82) is 0 Å². The molecule has 1 amide bonds. The average Bonchev–Trinajstić information content (AvgIpc) is 2.43. The topological polar surface area (TPSA) is 41.1 Å². The van der Waals surface area contributed by atoms with E-state index in [4.69, 9.17) is 11.6 Å². The van der Waals surface area contributed by atoms with Crippen molar-refractivity contribution in [3.8, 4) is 0 Å². The summed E-state index contributed by atoms with van der Waals surface area (Å²) in [6, 6.07) is 13.1. The Morgan fingerprint density at radius 2 is 1.80 bits per heavy atom. The van der Waals surface area contributed by atoms with Crippen LogP contribution in [0, 0.1) is 6.92 Å². The molecule has 2 aromatic rings. The summed E-state index contributed by atoms with van der Waals surface area (Å²) in [5.74, 6) is -0.104. The molecule has 2 aromatic carbocycles. The second-order valence-electron chi connectivity index (χ2n) is 4.40. The number of carbonyl (C=O) groups excluding carboxylic acids is 1. The highest BCUT2D eigenvalue weighted by atomic mass is 79.9. The van der Waals surface area contributed by atoms with E-state index in [9.17, 15) is 4.79 Å². The van der Waals surface area contributed by atoms with Gasteiger partial charge in [0.2, 0.25) is 5.91 Å². The molecule has 0 aliphatic carbocycles. The fourth-order valence-corrected chi connectivity index (χ4v) is 2.06. The van der Waals surface area contributed by atoms with Crippen molar-refractivity contribution in [1.82, 2.24) is 0 Å². The molecular formula is C15H14BrClN2O. The zero-order valence-corrected chi connectivity index (χ0v) is 13.3. The van der Waals surface area contributed by atoms with Gasteiger partial charge in [0.1, 0.15) is 0 Å². The van der Waals surface area contributed by atoms with Gasteiger partial charge in [-0.2, -0.15) is 0 Å². The third-order valence-electron chi connectivity index (χ3n) is 2.71. The van der Waals surface area contributed by atoms with Gasteiger partial charge in [0.15, 0.2) is 0 Å². The molecule has 0 atom stereocenters. The zero-order chi connectivity index (χ0) is 14.5. The summed E-state index contributed by atoms with van der Waals surface area (Å²) in [7, 11) is 0. The minimum Gasteiger partial charge on any atom is -0.376 e. The molecule has 3 nitrogen and oxygen atoms in total. The van der Waals surface area contributed by atoms with Crippen molar-refractivity contribution in [2.45, 2.75) is 6.92 Å². The summed E-state index contributed by atoms with van der Waals surface area (Å²) in [5.41, 5.74) is 2.75. The molecular weight excluding hydrogens is 340 g/mol. The van der Waals surface area contributed by atoms with Crippen molar-refractivity contribution in [2.24, 2.45) is 0 Å². The van der Waals surface area contributed by atoms with Crippen LogP contribution in [-0.4, -0.2) is 12.5 Å². The molecule has 0 spiro atoms. The van der Waals surface area contributed by atoms with Crippen molar-refractivity contribution >= 4 is 44.8 Å². The summed E-state index contributed by atoms with van der Waals surface area (Å²) in [6.45, 7) is 2.19. The van der Waals surface area contributed by atoms with Crippen LogP contribution in [0.1, 0.15) is 5.56 Å². The Labute approximate surface area is 131 Å². The highest BCUT2D eigenvalue weighted by molar-refractivity contribution is 9.10. The molecule has 0 radical (unpaired) electrons. The quantitative estimate of drug-likeness (QED) is 0.852. The maximum absolute atomic E-state index is 11.8. The number of carbonyl (C=O) groups is 1. The molecule has 2 N–H and O–H groups in total. The van der Waals surface area contributed by atoms with Gasteiger partial charge in [0.25, 0.3) is 0 Å². The molecule has 0 fully saturated rings. The molecule has 5 heteroatoms. The molecule has 0 unspecified atom stereocenters. The highest BCUT2D eigenvalue weighted by Crippen LogP contribution is 2.25. The highest BCUT2D eigenvalue weighted by Gasteiger charge is 2.03. The molecule has 20 heavy (non-hydrogen) atoms. The van der Waals surface area contributed by atoms with Gasteiger partial charge < -0.3 is 10.6 Å². The van der Waals surface area contributed by atoms with Crippen LogP contribution in [0.15, 0.2) is 46.9 Å². The Balaban J connectivity index is 1.88. The first-order valence-electron chi connectivity index (χ1n) is 6.10. The number of anilines is 2. The summed E-state index contributed by atoms with van der Waals surface area (Å²) in [6.07, 6.45) is 0. The molecule has 0 aliphatic heterocycles. The minimum absolute atomic E-state index is 0.104. The van der Waals surface area contributed by atoms with Gasteiger partial charge in [-0.3, -0.25) is 4.79 Å². The smallest absolute Gasteiger partial charge is 0.243 e. The zero-order valence-electron chi connectivity index (χ0n) is 10.9. The number of nitrogens with one attached hydrogen (secondary N) is 2. The summed E-state index contributed by atoms with van der Waals surface area (Å²) >= 11 is 9.31. The Bertz CT molecular complexity index is 614. The van der Waals surface area contributed by atoms with E-state index in [2.05, 4.69) is 26.6 Å². The molecule has 0 aliphatic rings. The largest absolute Gasteiger partial charge is 0.376 e. The maximum atomic E-state index is 11.8. The van der Waals surface area contributed by atoms with Crippen LogP contribution < -0.4 is 10.6 Å². The van der Waals surface area contributed by atoms with Crippen molar-refractivity contribution in [2.75, 3.05) is 17.2 Å². The number of aryl methyl sites for hydroxylation is 1. The SMILES string of the molecule is Cc1ccc(NC(=O)CNc2ccc(Br)c(Cl)c2)cc1. The summed E-state index contributed by atoms with van der Waals surface area (Å²) in [4.78, 5) is 11.8. The van der Waals surface area contributed by atoms with Gasteiger partial charge in [-0.15, -0.1) is 0 Å². The molecule has 0 saturated carbocycles. The maximum Gasteiger partial charge on any atom is 0.243 e.